The number of aryl methyl sites for hydroxylation is 1. The van der Waals surface area contributed by atoms with E-state index in [4.69, 9.17) is 0 Å². The highest BCUT2D eigenvalue weighted by molar-refractivity contribution is 7.89. The molecule has 0 atom stereocenters. The van der Waals surface area contributed by atoms with Gasteiger partial charge in [-0.1, -0.05) is 24.3 Å². The highest BCUT2D eigenvalue weighted by Crippen LogP contribution is 2.14. The molecule has 0 bridgehead atoms. The van der Waals surface area contributed by atoms with Crippen LogP contribution in [0.25, 0.3) is 0 Å². The Morgan fingerprint density at radius 1 is 1.21 bits per heavy atom. The van der Waals surface area contributed by atoms with Gasteiger partial charge in [0.15, 0.2) is 0 Å². The van der Waals surface area contributed by atoms with Crippen LogP contribution in [-0.4, -0.2) is 14.1 Å². The summed E-state index contributed by atoms with van der Waals surface area (Å²) in [6, 6.07) is 10.6. The fraction of sp³-hybridized carbons (Fsp3) is 0.154. The number of nitrogens with one attached hydrogen (secondary N) is 1. The fourth-order valence-electron chi connectivity index (χ4n) is 1.58. The van der Waals surface area contributed by atoms with Crippen molar-refractivity contribution in [1.82, 2.24) is 4.83 Å². The van der Waals surface area contributed by atoms with Crippen LogP contribution in [-0.2, 0) is 10.0 Å². The summed E-state index contributed by atoms with van der Waals surface area (Å²) in [5, 5.41) is 5.87. The largest absolute Gasteiger partial charge is 0.276 e. The maximum Gasteiger partial charge on any atom is 0.276 e. The van der Waals surface area contributed by atoms with E-state index < -0.39 is 10.0 Å². The maximum atomic E-state index is 12.1. The van der Waals surface area contributed by atoms with Gasteiger partial charge < -0.3 is 0 Å². The second-order valence-electron chi connectivity index (χ2n) is 4.03. The minimum absolute atomic E-state index is 0.248. The molecule has 0 saturated heterocycles. The van der Waals surface area contributed by atoms with Gasteiger partial charge in [-0.3, -0.25) is 0 Å². The zero-order valence-corrected chi connectivity index (χ0v) is 12.3. The smallest absolute Gasteiger partial charge is 0.200 e. The van der Waals surface area contributed by atoms with E-state index in [9.17, 15) is 8.42 Å². The number of hydrogen-bond donors (Lipinski definition) is 1. The molecule has 0 radical (unpaired) electrons. The topological polar surface area (TPSA) is 58.5 Å². The molecule has 0 aliphatic carbocycles. The molecule has 1 aromatic heterocycles. The van der Waals surface area contributed by atoms with Crippen molar-refractivity contribution in [2.24, 2.45) is 5.10 Å². The SMILES string of the molecule is C/C(=N\NS(=O)(=O)c1ccccc1C)c1cccs1. The summed E-state index contributed by atoms with van der Waals surface area (Å²) in [7, 11) is -3.61. The first kappa shape index (κ1) is 13.8. The Balaban J connectivity index is 2.24. The van der Waals surface area contributed by atoms with Gasteiger partial charge in [0.05, 0.1) is 15.5 Å². The highest BCUT2D eigenvalue weighted by Gasteiger charge is 2.15. The van der Waals surface area contributed by atoms with Crippen LogP contribution in [0.2, 0.25) is 0 Å². The summed E-state index contributed by atoms with van der Waals surface area (Å²) in [4.78, 5) is 3.46. The van der Waals surface area contributed by atoms with Crippen LogP contribution in [0.5, 0.6) is 0 Å². The van der Waals surface area contributed by atoms with Crippen molar-refractivity contribution in [2.45, 2.75) is 18.7 Å². The number of thiophene rings is 1. The lowest BCUT2D eigenvalue weighted by atomic mass is 10.2. The molecule has 2 rings (SSSR count). The average Bonchev–Trinajstić information content (AvgIpc) is 2.90. The van der Waals surface area contributed by atoms with Gasteiger partial charge in [0.25, 0.3) is 10.0 Å². The van der Waals surface area contributed by atoms with E-state index in [0.29, 0.717) is 11.3 Å². The lowest BCUT2D eigenvalue weighted by Crippen LogP contribution is -2.20. The van der Waals surface area contributed by atoms with Crippen molar-refractivity contribution < 1.29 is 8.42 Å². The monoisotopic (exact) mass is 294 g/mol. The van der Waals surface area contributed by atoms with E-state index in [-0.39, 0.29) is 4.90 Å². The van der Waals surface area contributed by atoms with Crippen LogP contribution in [0.3, 0.4) is 0 Å². The highest BCUT2D eigenvalue weighted by atomic mass is 32.2. The lowest BCUT2D eigenvalue weighted by Gasteiger charge is -2.06. The number of rotatable bonds is 4. The van der Waals surface area contributed by atoms with Crippen molar-refractivity contribution in [2.75, 3.05) is 0 Å². The molecule has 0 fully saturated rings. The number of hydrogen-bond acceptors (Lipinski definition) is 4. The molecular formula is C13H14N2O2S2. The molecular weight excluding hydrogens is 280 g/mol. The van der Waals surface area contributed by atoms with Gasteiger partial charge in [-0.25, -0.2) is 0 Å². The first-order valence-corrected chi connectivity index (χ1v) is 8.02. The summed E-state index contributed by atoms with van der Waals surface area (Å²) in [5.74, 6) is 0. The number of sulfonamides is 1. The normalized spacial score (nSPS) is 12.4. The lowest BCUT2D eigenvalue weighted by molar-refractivity contribution is 0.584. The zero-order chi connectivity index (χ0) is 13.9. The van der Waals surface area contributed by atoms with Crippen molar-refractivity contribution >= 4 is 27.1 Å². The number of benzene rings is 1. The Morgan fingerprint density at radius 3 is 2.58 bits per heavy atom. The van der Waals surface area contributed by atoms with Crippen LogP contribution >= 0.6 is 11.3 Å². The van der Waals surface area contributed by atoms with Crippen LogP contribution in [0.1, 0.15) is 17.4 Å². The minimum atomic E-state index is -3.61. The molecule has 6 heteroatoms. The van der Waals surface area contributed by atoms with E-state index in [1.165, 1.54) is 11.3 Å². The molecule has 0 aliphatic heterocycles. The van der Waals surface area contributed by atoms with Gasteiger partial charge in [0, 0.05) is 0 Å². The number of hydrazone groups is 1. The third-order valence-corrected chi connectivity index (χ3v) is 4.94. The Kier molecular flexibility index (Phi) is 4.01. The third-order valence-electron chi connectivity index (χ3n) is 2.59. The molecule has 1 N–H and O–H groups in total. The van der Waals surface area contributed by atoms with E-state index in [2.05, 4.69) is 9.93 Å². The number of nitrogens with zero attached hydrogens (tertiary/aromatic N) is 1. The summed E-state index contributed by atoms with van der Waals surface area (Å²) < 4.78 is 24.2. The average molecular weight is 294 g/mol. The fourth-order valence-corrected chi connectivity index (χ4v) is 3.36. The van der Waals surface area contributed by atoms with Gasteiger partial charge in [-0.2, -0.15) is 18.4 Å². The predicted octanol–water partition coefficient (Wildman–Crippen LogP) is 2.76. The summed E-state index contributed by atoms with van der Waals surface area (Å²) in [6.45, 7) is 3.52. The van der Waals surface area contributed by atoms with Gasteiger partial charge in [-0.05, 0) is 36.9 Å². The minimum Gasteiger partial charge on any atom is -0.200 e. The van der Waals surface area contributed by atoms with Crippen LogP contribution in [0, 0.1) is 6.92 Å². The second-order valence-corrected chi connectivity index (χ2v) is 6.61. The Labute approximate surface area is 116 Å². The molecule has 4 nitrogen and oxygen atoms in total. The van der Waals surface area contributed by atoms with Gasteiger partial charge in [-0.15, -0.1) is 11.3 Å². The summed E-state index contributed by atoms with van der Waals surface area (Å²) in [5.41, 5.74) is 1.34. The van der Waals surface area contributed by atoms with E-state index in [0.717, 1.165) is 4.88 Å². The molecule has 0 unspecified atom stereocenters. The Morgan fingerprint density at radius 2 is 1.95 bits per heavy atom. The molecule has 0 saturated carbocycles. The van der Waals surface area contributed by atoms with E-state index in [1.807, 2.05) is 17.5 Å². The van der Waals surface area contributed by atoms with Crippen LogP contribution in [0.4, 0.5) is 0 Å². The molecule has 1 heterocycles. The summed E-state index contributed by atoms with van der Waals surface area (Å²) in [6.07, 6.45) is 0. The molecule has 1 aromatic carbocycles. The van der Waals surface area contributed by atoms with Crippen molar-refractivity contribution in [3.63, 3.8) is 0 Å². The maximum absolute atomic E-state index is 12.1. The predicted molar refractivity (Wildman–Crippen MR) is 78.0 cm³/mol. The Hall–Kier alpha value is -1.66. The van der Waals surface area contributed by atoms with Crippen LogP contribution in [0.15, 0.2) is 51.8 Å². The van der Waals surface area contributed by atoms with Crippen molar-refractivity contribution in [3.05, 3.63) is 52.2 Å². The molecule has 19 heavy (non-hydrogen) atoms. The van der Waals surface area contributed by atoms with Crippen molar-refractivity contribution in [1.29, 1.82) is 0 Å². The molecule has 0 aliphatic rings. The zero-order valence-electron chi connectivity index (χ0n) is 10.6. The first-order valence-electron chi connectivity index (χ1n) is 5.66. The van der Waals surface area contributed by atoms with Crippen molar-refractivity contribution in [3.8, 4) is 0 Å². The van der Waals surface area contributed by atoms with E-state index in [1.54, 1.807) is 38.1 Å². The first-order chi connectivity index (χ1) is 9.00. The van der Waals surface area contributed by atoms with Gasteiger partial charge in [0.2, 0.25) is 0 Å². The van der Waals surface area contributed by atoms with E-state index >= 15 is 0 Å². The molecule has 100 valence electrons. The molecule has 0 spiro atoms. The quantitative estimate of drug-likeness (QED) is 0.696. The van der Waals surface area contributed by atoms with Crippen LogP contribution < -0.4 is 4.83 Å². The standard InChI is InChI=1S/C13H14N2O2S2/c1-10-6-3-4-8-13(10)19(16,17)15-14-11(2)12-7-5-9-18-12/h3-9,15H,1-2H3/b14-11+. The Bertz CT molecular complexity index is 689. The van der Waals surface area contributed by atoms with Gasteiger partial charge >= 0.3 is 0 Å². The summed E-state index contributed by atoms with van der Waals surface area (Å²) >= 11 is 1.51. The van der Waals surface area contributed by atoms with Gasteiger partial charge in [0.1, 0.15) is 0 Å². The third kappa shape index (κ3) is 3.21. The molecule has 2 aromatic rings. The second kappa shape index (κ2) is 5.54. The molecule has 0 amide bonds.